The molecule has 0 radical (unpaired) electrons. The van der Waals surface area contributed by atoms with Crippen molar-refractivity contribution in [1.29, 1.82) is 0 Å². The summed E-state index contributed by atoms with van der Waals surface area (Å²) in [7, 11) is 0. The zero-order valence-electron chi connectivity index (χ0n) is 19.1. The Morgan fingerprint density at radius 3 is 1.97 bits per heavy atom. The number of fused-ring (bicyclic) bond motifs is 7. The molecule has 0 unspecified atom stereocenters. The van der Waals surface area contributed by atoms with Gasteiger partial charge in [-0.3, -0.25) is 0 Å². The highest BCUT2D eigenvalue weighted by molar-refractivity contribution is 6.26. The van der Waals surface area contributed by atoms with Crippen LogP contribution in [0.2, 0.25) is 0 Å². The Hall–Kier alpha value is -4.30. The standard InChI is InChI=1S/C32H24N2/c1-2-22-11-10-14-24(21-22)33-29-18-9-7-16-27(29)31-30(33)20-19-26-25-15-6-8-17-28(25)34(32(26)31)23-12-4-3-5-13-23/h3-21H,2H2,1H3. The molecule has 0 amide bonds. The Kier molecular flexibility index (Phi) is 4.16. The number of aryl methyl sites for hydroxylation is 1. The maximum absolute atomic E-state index is 2.44. The van der Waals surface area contributed by atoms with E-state index in [2.05, 4.69) is 131 Å². The molecular weight excluding hydrogens is 412 g/mol. The lowest BCUT2D eigenvalue weighted by Crippen LogP contribution is -1.96. The van der Waals surface area contributed by atoms with Crippen molar-refractivity contribution in [3.8, 4) is 11.4 Å². The predicted octanol–water partition coefficient (Wildman–Crippen LogP) is 8.44. The van der Waals surface area contributed by atoms with Crippen LogP contribution in [0.4, 0.5) is 0 Å². The largest absolute Gasteiger partial charge is 0.309 e. The number of benzene rings is 5. The van der Waals surface area contributed by atoms with Crippen LogP contribution < -0.4 is 0 Å². The molecule has 0 fully saturated rings. The van der Waals surface area contributed by atoms with Crippen molar-refractivity contribution in [3.63, 3.8) is 0 Å². The fraction of sp³-hybridized carbons (Fsp3) is 0.0625. The van der Waals surface area contributed by atoms with Gasteiger partial charge in [-0.15, -0.1) is 0 Å². The van der Waals surface area contributed by atoms with Gasteiger partial charge in [0, 0.05) is 32.9 Å². The van der Waals surface area contributed by atoms with Gasteiger partial charge < -0.3 is 9.13 Å². The minimum Gasteiger partial charge on any atom is -0.309 e. The van der Waals surface area contributed by atoms with E-state index in [1.165, 1.54) is 60.5 Å². The van der Waals surface area contributed by atoms with Crippen molar-refractivity contribution in [2.75, 3.05) is 0 Å². The van der Waals surface area contributed by atoms with Gasteiger partial charge in [-0.05, 0) is 54.4 Å². The first-order chi connectivity index (χ1) is 16.8. The number of nitrogens with zero attached hydrogens (tertiary/aromatic N) is 2. The van der Waals surface area contributed by atoms with E-state index in [0.717, 1.165) is 6.42 Å². The molecule has 7 rings (SSSR count). The van der Waals surface area contributed by atoms with Gasteiger partial charge in [-0.1, -0.05) is 79.7 Å². The minimum absolute atomic E-state index is 1.03. The van der Waals surface area contributed by atoms with E-state index < -0.39 is 0 Å². The maximum atomic E-state index is 2.44. The molecule has 0 spiro atoms. The van der Waals surface area contributed by atoms with Gasteiger partial charge in [0.05, 0.1) is 22.1 Å². The Labute approximate surface area is 198 Å². The monoisotopic (exact) mass is 436 g/mol. The first-order valence-corrected chi connectivity index (χ1v) is 11.9. The third-order valence-electron chi connectivity index (χ3n) is 7.06. The van der Waals surface area contributed by atoms with Crippen molar-refractivity contribution in [1.82, 2.24) is 9.13 Å². The molecule has 2 heteroatoms. The average Bonchev–Trinajstić information content (AvgIpc) is 3.42. The molecule has 0 aliphatic carbocycles. The molecular formula is C32H24N2. The number of para-hydroxylation sites is 3. The lowest BCUT2D eigenvalue weighted by Gasteiger charge is -2.10. The lowest BCUT2D eigenvalue weighted by molar-refractivity contribution is 1.11. The Morgan fingerprint density at radius 1 is 0.500 bits per heavy atom. The first-order valence-electron chi connectivity index (χ1n) is 11.9. The highest BCUT2D eigenvalue weighted by atomic mass is 15.0. The van der Waals surface area contributed by atoms with Gasteiger partial charge in [0.15, 0.2) is 0 Å². The average molecular weight is 437 g/mol. The zero-order valence-corrected chi connectivity index (χ0v) is 19.1. The topological polar surface area (TPSA) is 9.86 Å². The molecule has 0 N–H and O–H groups in total. The SMILES string of the molecule is CCc1cccc(-n2c3ccccc3c3c2ccc2c4ccccc4n(-c4ccccc4)c23)c1. The lowest BCUT2D eigenvalue weighted by atomic mass is 10.1. The van der Waals surface area contributed by atoms with Gasteiger partial charge in [-0.2, -0.15) is 0 Å². The van der Waals surface area contributed by atoms with Gasteiger partial charge in [0.2, 0.25) is 0 Å². The van der Waals surface area contributed by atoms with Gasteiger partial charge in [-0.25, -0.2) is 0 Å². The number of hydrogen-bond acceptors (Lipinski definition) is 0. The Bertz CT molecular complexity index is 1830. The third-order valence-corrected chi connectivity index (χ3v) is 7.06. The molecule has 5 aromatic carbocycles. The second-order valence-corrected chi connectivity index (χ2v) is 8.92. The van der Waals surface area contributed by atoms with Crippen LogP contribution in [0.5, 0.6) is 0 Å². The van der Waals surface area contributed by atoms with E-state index in [-0.39, 0.29) is 0 Å². The molecule has 0 saturated heterocycles. The summed E-state index contributed by atoms with van der Waals surface area (Å²) in [6, 6.07) is 41.8. The Balaban J connectivity index is 1.73. The van der Waals surface area contributed by atoms with Crippen molar-refractivity contribution in [2.45, 2.75) is 13.3 Å². The Morgan fingerprint density at radius 2 is 1.18 bits per heavy atom. The van der Waals surface area contributed by atoms with Gasteiger partial charge >= 0.3 is 0 Å². The van der Waals surface area contributed by atoms with Crippen LogP contribution in [0.25, 0.3) is 55.0 Å². The van der Waals surface area contributed by atoms with Crippen molar-refractivity contribution in [3.05, 3.63) is 121 Å². The zero-order chi connectivity index (χ0) is 22.6. The smallest absolute Gasteiger partial charge is 0.0641 e. The summed E-state index contributed by atoms with van der Waals surface area (Å²) in [5.41, 5.74) is 8.73. The van der Waals surface area contributed by atoms with Crippen molar-refractivity contribution in [2.24, 2.45) is 0 Å². The minimum atomic E-state index is 1.03. The summed E-state index contributed by atoms with van der Waals surface area (Å²) >= 11 is 0. The van der Waals surface area contributed by atoms with Crippen LogP contribution in [0.3, 0.4) is 0 Å². The van der Waals surface area contributed by atoms with Crippen molar-refractivity contribution >= 4 is 43.6 Å². The summed E-state index contributed by atoms with van der Waals surface area (Å²) in [5.74, 6) is 0. The van der Waals surface area contributed by atoms with E-state index >= 15 is 0 Å². The summed E-state index contributed by atoms with van der Waals surface area (Å²) in [6.45, 7) is 2.22. The molecule has 0 aliphatic heterocycles. The summed E-state index contributed by atoms with van der Waals surface area (Å²) < 4.78 is 4.86. The predicted molar refractivity (Wildman–Crippen MR) is 144 cm³/mol. The van der Waals surface area contributed by atoms with E-state index in [1.807, 2.05) is 0 Å². The van der Waals surface area contributed by atoms with Crippen molar-refractivity contribution < 1.29 is 0 Å². The van der Waals surface area contributed by atoms with Crippen LogP contribution in [0, 0.1) is 0 Å². The third kappa shape index (κ3) is 2.63. The number of aromatic nitrogens is 2. The van der Waals surface area contributed by atoms with E-state index in [9.17, 15) is 0 Å². The summed E-state index contributed by atoms with van der Waals surface area (Å²) in [4.78, 5) is 0. The highest BCUT2D eigenvalue weighted by Gasteiger charge is 2.20. The summed E-state index contributed by atoms with van der Waals surface area (Å²) in [6.07, 6.45) is 1.03. The quantitative estimate of drug-likeness (QED) is 0.263. The van der Waals surface area contributed by atoms with E-state index in [1.54, 1.807) is 0 Å². The fourth-order valence-electron chi connectivity index (χ4n) is 5.55. The van der Waals surface area contributed by atoms with E-state index in [4.69, 9.17) is 0 Å². The molecule has 0 bridgehead atoms. The second-order valence-electron chi connectivity index (χ2n) is 8.92. The van der Waals surface area contributed by atoms with Crippen LogP contribution in [-0.2, 0) is 6.42 Å². The molecule has 34 heavy (non-hydrogen) atoms. The first kappa shape index (κ1) is 19.2. The molecule has 0 saturated carbocycles. The number of rotatable bonds is 3. The van der Waals surface area contributed by atoms with Gasteiger partial charge in [0.25, 0.3) is 0 Å². The fourth-order valence-corrected chi connectivity index (χ4v) is 5.55. The van der Waals surface area contributed by atoms with Gasteiger partial charge in [0.1, 0.15) is 0 Å². The molecule has 162 valence electrons. The molecule has 7 aromatic rings. The van der Waals surface area contributed by atoms with Crippen LogP contribution in [0.15, 0.2) is 115 Å². The number of hydrogen-bond donors (Lipinski definition) is 0. The van der Waals surface area contributed by atoms with E-state index in [0.29, 0.717) is 0 Å². The summed E-state index contributed by atoms with van der Waals surface area (Å²) in [5, 5.41) is 5.16. The van der Waals surface area contributed by atoms with Crippen LogP contribution in [0.1, 0.15) is 12.5 Å². The second kappa shape index (κ2) is 7.36. The normalized spacial score (nSPS) is 11.8. The molecule has 0 atom stereocenters. The molecule has 2 nitrogen and oxygen atoms in total. The molecule has 2 aromatic heterocycles. The highest BCUT2D eigenvalue weighted by Crippen LogP contribution is 2.41. The molecule has 2 heterocycles. The molecule has 0 aliphatic rings. The van der Waals surface area contributed by atoms with Crippen LogP contribution in [-0.4, -0.2) is 9.13 Å². The van der Waals surface area contributed by atoms with Crippen LogP contribution >= 0.6 is 0 Å². The maximum Gasteiger partial charge on any atom is 0.0641 e.